The highest BCUT2D eigenvalue weighted by atomic mass is 16.2. The van der Waals surface area contributed by atoms with Crippen molar-refractivity contribution in [1.82, 2.24) is 4.90 Å². The number of hydrogen-bond acceptors (Lipinski definition) is 4. The molecule has 0 radical (unpaired) electrons. The Morgan fingerprint density at radius 1 is 0.885 bits per heavy atom. The fourth-order valence-corrected chi connectivity index (χ4v) is 3.12. The first kappa shape index (κ1) is 17.7. The third kappa shape index (κ3) is 3.20. The zero-order valence-electron chi connectivity index (χ0n) is 15.3. The molecule has 5 heteroatoms. The molecule has 2 aromatic carbocycles. The Bertz CT molecular complexity index is 837. The minimum Gasteiger partial charge on any atom is -0.372 e. The lowest BCUT2D eigenvalue weighted by molar-refractivity contribution is -0.135. The average Bonchev–Trinajstić information content (AvgIpc) is 2.88. The minimum absolute atomic E-state index is 0.288. The monoisotopic (exact) mass is 349 g/mol. The molecule has 0 aliphatic carbocycles. The van der Waals surface area contributed by atoms with Crippen LogP contribution in [-0.4, -0.2) is 36.9 Å². The van der Waals surface area contributed by atoms with Crippen LogP contribution in [0.4, 0.5) is 11.4 Å². The van der Waals surface area contributed by atoms with Crippen molar-refractivity contribution < 1.29 is 9.59 Å². The molecular formula is C21H23N3O2. The summed E-state index contributed by atoms with van der Waals surface area (Å²) < 4.78 is 0. The first-order chi connectivity index (χ1) is 12.6. The van der Waals surface area contributed by atoms with Crippen molar-refractivity contribution >= 4 is 28.8 Å². The molecule has 0 saturated carbocycles. The van der Waals surface area contributed by atoms with Crippen LogP contribution in [0.3, 0.4) is 0 Å². The molecule has 0 saturated heterocycles. The molecule has 2 amide bonds. The van der Waals surface area contributed by atoms with Gasteiger partial charge in [0.1, 0.15) is 5.70 Å². The topological polar surface area (TPSA) is 52.7 Å². The molecule has 0 unspecified atom stereocenters. The number of carbonyl (C=O) groups is 2. The Morgan fingerprint density at radius 2 is 1.50 bits per heavy atom. The fraction of sp³-hybridized carbons (Fsp3) is 0.238. The molecule has 1 aliphatic heterocycles. The van der Waals surface area contributed by atoms with Crippen molar-refractivity contribution in [2.24, 2.45) is 0 Å². The van der Waals surface area contributed by atoms with E-state index in [-0.39, 0.29) is 11.8 Å². The SMILES string of the molecule is CCN(CC)c1ccc(NC2=C(c3ccccc3)C(=O)N(C)C2=O)cc1. The van der Waals surface area contributed by atoms with E-state index >= 15 is 0 Å². The predicted molar refractivity (Wildman–Crippen MR) is 105 cm³/mol. The summed E-state index contributed by atoms with van der Waals surface area (Å²) >= 11 is 0. The summed E-state index contributed by atoms with van der Waals surface area (Å²) in [5, 5.41) is 3.15. The standard InChI is InChI=1S/C21H23N3O2/c1-4-24(5-2)17-13-11-16(12-14-17)22-19-18(15-9-7-6-8-10-15)20(25)23(3)21(19)26/h6-14,22H,4-5H2,1-3H3. The maximum Gasteiger partial charge on any atom is 0.277 e. The van der Waals surface area contributed by atoms with Gasteiger partial charge in [-0.05, 0) is 43.7 Å². The number of carbonyl (C=O) groups excluding carboxylic acids is 2. The van der Waals surface area contributed by atoms with Crippen molar-refractivity contribution in [3.63, 3.8) is 0 Å². The number of likely N-dealkylation sites (N-methyl/N-ethyl adjacent to an activating group) is 1. The molecular weight excluding hydrogens is 326 g/mol. The summed E-state index contributed by atoms with van der Waals surface area (Å²) in [5.74, 6) is -0.606. The second kappa shape index (κ2) is 7.44. The van der Waals surface area contributed by atoms with Gasteiger partial charge in [0.25, 0.3) is 11.8 Å². The normalized spacial score (nSPS) is 14.2. The van der Waals surface area contributed by atoms with Crippen LogP contribution in [0.5, 0.6) is 0 Å². The van der Waals surface area contributed by atoms with Gasteiger partial charge in [-0.3, -0.25) is 14.5 Å². The van der Waals surface area contributed by atoms with Crippen LogP contribution in [0.25, 0.3) is 5.57 Å². The van der Waals surface area contributed by atoms with Gasteiger partial charge in [0.2, 0.25) is 0 Å². The smallest absolute Gasteiger partial charge is 0.277 e. The largest absolute Gasteiger partial charge is 0.372 e. The van der Waals surface area contributed by atoms with Gasteiger partial charge in [-0.15, -0.1) is 0 Å². The molecule has 1 aliphatic rings. The van der Waals surface area contributed by atoms with E-state index in [9.17, 15) is 9.59 Å². The maximum atomic E-state index is 12.5. The van der Waals surface area contributed by atoms with Gasteiger partial charge in [-0.25, -0.2) is 0 Å². The number of anilines is 2. The molecule has 5 nitrogen and oxygen atoms in total. The summed E-state index contributed by atoms with van der Waals surface area (Å²) in [6.45, 7) is 6.10. The maximum absolute atomic E-state index is 12.5. The molecule has 0 atom stereocenters. The van der Waals surface area contributed by atoms with Crippen molar-refractivity contribution in [2.75, 3.05) is 30.4 Å². The Morgan fingerprint density at radius 3 is 2.08 bits per heavy atom. The zero-order chi connectivity index (χ0) is 18.7. The van der Waals surface area contributed by atoms with Gasteiger partial charge in [0, 0.05) is 31.5 Å². The first-order valence-corrected chi connectivity index (χ1v) is 8.81. The third-order valence-electron chi connectivity index (χ3n) is 4.61. The summed E-state index contributed by atoms with van der Waals surface area (Å²) in [4.78, 5) is 28.5. The summed E-state index contributed by atoms with van der Waals surface area (Å²) in [6, 6.07) is 17.2. The predicted octanol–water partition coefficient (Wildman–Crippen LogP) is 3.35. The minimum atomic E-state index is -0.318. The molecule has 0 aromatic heterocycles. The van der Waals surface area contributed by atoms with Crippen molar-refractivity contribution in [2.45, 2.75) is 13.8 Å². The van der Waals surface area contributed by atoms with Crippen molar-refractivity contribution in [3.05, 3.63) is 65.9 Å². The average molecular weight is 349 g/mol. The highest BCUT2D eigenvalue weighted by molar-refractivity contribution is 6.36. The number of imide groups is 1. The molecule has 1 N–H and O–H groups in total. The number of nitrogens with one attached hydrogen (secondary N) is 1. The van der Waals surface area contributed by atoms with Gasteiger partial charge in [0.05, 0.1) is 5.57 Å². The lowest BCUT2D eigenvalue weighted by atomic mass is 10.0. The summed E-state index contributed by atoms with van der Waals surface area (Å²) in [6.07, 6.45) is 0. The van der Waals surface area contributed by atoms with E-state index < -0.39 is 0 Å². The van der Waals surface area contributed by atoms with Crippen LogP contribution >= 0.6 is 0 Å². The van der Waals surface area contributed by atoms with E-state index in [0.29, 0.717) is 11.3 Å². The number of benzene rings is 2. The highest BCUT2D eigenvalue weighted by Gasteiger charge is 2.36. The summed E-state index contributed by atoms with van der Waals surface area (Å²) in [7, 11) is 1.51. The Labute approximate surface area is 153 Å². The van der Waals surface area contributed by atoms with E-state index in [0.717, 1.165) is 34.9 Å². The van der Waals surface area contributed by atoms with Crippen LogP contribution in [0.15, 0.2) is 60.3 Å². The lowest BCUT2D eigenvalue weighted by Crippen LogP contribution is -2.27. The number of amides is 2. The Balaban J connectivity index is 1.94. The fourth-order valence-electron chi connectivity index (χ4n) is 3.12. The van der Waals surface area contributed by atoms with Gasteiger partial charge in [0.15, 0.2) is 0 Å². The summed E-state index contributed by atoms with van der Waals surface area (Å²) in [5.41, 5.74) is 3.37. The molecule has 0 bridgehead atoms. The van der Waals surface area contributed by atoms with Crippen LogP contribution in [-0.2, 0) is 9.59 Å². The van der Waals surface area contributed by atoms with E-state index in [1.54, 1.807) is 0 Å². The second-order valence-electron chi connectivity index (χ2n) is 6.13. The second-order valence-corrected chi connectivity index (χ2v) is 6.13. The molecule has 0 fully saturated rings. The highest BCUT2D eigenvalue weighted by Crippen LogP contribution is 2.30. The molecule has 3 rings (SSSR count). The van der Waals surface area contributed by atoms with Gasteiger partial charge >= 0.3 is 0 Å². The quantitative estimate of drug-likeness (QED) is 0.813. The molecule has 1 heterocycles. The van der Waals surface area contributed by atoms with Crippen molar-refractivity contribution in [3.8, 4) is 0 Å². The molecule has 0 spiro atoms. The molecule has 2 aromatic rings. The number of rotatable bonds is 6. The zero-order valence-corrected chi connectivity index (χ0v) is 15.3. The van der Waals surface area contributed by atoms with Crippen molar-refractivity contribution in [1.29, 1.82) is 0 Å². The van der Waals surface area contributed by atoms with E-state index in [2.05, 4.69) is 24.1 Å². The molecule has 26 heavy (non-hydrogen) atoms. The van der Waals surface area contributed by atoms with Gasteiger partial charge in [-0.2, -0.15) is 0 Å². The van der Waals surface area contributed by atoms with E-state index in [1.165, 1.54) is 7.05 Å². The first-order valence-electron chi connectivity index (χ1n) is 8.81. The van der Waals surface area contributed by atoms with Crippen LogP contribution in [0.1, 0.15) is 19.4 Å². The van der Waals surface area contributed by atoms with Gasteiger partial charge < -0.3 is 10.2 Å². The number of nitrogens with zero attached hydrogens (tertiary/aromatic N) is 2. The molecule has 134 valence electrons. The van der Waals surface area contributed by atoms with Crippen LogP contribution in [0.2, 0.25) is 0 Å². The van der Waals surface area contributed by atoms with Gasteiger partial charge in [-0.1, -0.05) is 30.3 Å². The third-order valence-corrected chi connectivity index (χ3v) is 4.61. The van der Waals surface area contributed by atoms with Crippen LogP contribution in [0, 0.1) is 0 Å². The van der Waals surface area contributed by atoms with E-state index in [1.807, 2.05) is 54.6 Å². The Kier molecular flexibility index (Phi) is 5.07. The Hall–Kier alpha value is -3.08. The number of hydrogen-bond donors (Lipinski definition) is 1. The van der Waals surface area contributed by atoms with Crippen LogP contribution < -0.4 is 10.2 Å². The lowest BCUT2D eigenvalue weighted by Gasteiger charge is -2.21. The van der Waals surface area contributed by atoms with E-state index in [4.69, 9.17) is 0 Å².